The molecule has 0 bridgehead atoms. The largest absolute Gasteiger partial charge is 0.312 e. The van der Waals surface area contributed by atoms with Crippen molar-refractivity contribution >= 4 is 17.5 Å². The van der Waals surface area contributed by atoms with Gasteiger partial charge in [0.05, 0.1) is 0 Å². The molecule has 2 aromatic carbocycles. The second-order valence-corrected chi connectivity index (χ2v) is 5.68. The van der Waals surface area contributed by atoms with Crippen molar-refractivity contribution in [2.75, 3.05) is 6.54 Å². The van der Waals surface area contributed by atoms with E-state index in [0.717, 1.165) is 12.0 Å². The average molecular weight is 304 g/mol. The Balaban J connectivity index is 2.21. The van der Waals surface area contributed by atoms with E-state index in [1.165, 1.54) is 12.1 Å². The average Bonchev–Trinajstić information content (AvgIpc) is 2.72. The van der Waals surface area contributed by atoms with E-state index in [4.69, 9.17) is 11.6 Å². The number of benzene rings is 2. The van der Waals surface area contributed by atoms with Crippen LogP contribution in [0.25, 0.3) is 0 Å². The minimum atomic E-state index is -1.06. The molecule has 1 heterocycles. The summed E-state index contributed by atoms with van der Waals surface area (Å²) in [5.41, 5.74) is 2.08. The van der Waals surface area contributed by atoms with Crippen LogP contribution < -0.4 is 0 Å². The normalized spacial score (nSPS) is 20.7. The molecule has 1 aliphatic rings. The Bertz CT molecular complexity index is 685. The molecule has 4 heteroatoms. The summed E-state index contributed by atoms with van der Waals surface area (Å²) in [6.45, 7) is 2.55. The molecule has 0 aromatic heterocycles. The maximum absolute atomic E-state index is 13.2. The van der Waals surface area contributed by atoms with Gasteiger partial charge < -0.3 is 4.90 Å². The molecule has 0 spiro atoms. The fourth-order valence-corrected chi connectivity index (χ4v) is 3.30. The summed E-state index contributed by atoms with van der Waals surface area (Å²) in [4.78, 5) is 13.2. The maximum Gasteiger partial charge on any atom is 0.256 e. The lowest BCUT2D eigenvalue weighted by atomic mass is 9.97. The Morgan fingerprint density at radius 1 is 1.14 bits per heavy atom. The smallest absolute Gasteiger partial charge is 0.256 e. The number of carbonyl (C=O) groups is 1. The predicted octanol–water partition coefficient (Wildman–Crippen LogP) is 4.13. The van der Waals surface area contributed by atoms with E-state index in [2.05, 4.69) is 0 Å². The van der Waals surface area contributed by atoms with Crippen molar-refractivity contribution in [1.82, 2.24) is 4.90 Å². The number of hydrogen-bond donors (Lipinski definition) is 0. The molecule has 1 aliphatic heterocycles. The van der Waals surface area contributed by atoms with Crippen molar-refractivity contribution in [2.24, 2.45) is 0 Å². The third-order valence-electron chi connectivity index (χ3n) is 3.81. The first-order valence-corrected chi connectivity index (χ1v) is 7.33. The third kappa shape index (κ3) is 2.04. The van der Waals surface area contributed by atoms with Crippen LogP contribution in [-0.2, 0) is 5.00 Å². The Morgan fingerprint density at radius 2 is 1.81 bits per heavy atom. The third-order valence-corrected chi connectivity index (χ3v) is 4.43. The first kappa shape index (κ1) is 14.1. The van der Waals surface area contributed by atoms with Gasteiger partial charge in [-0.15, -0.1) is 0 Å². The van der Waals surface area contributed by atoms with E-state index < -0.39 is 5.00 Å². The molecule has 21 heavy (non-hydrogen) atoms. The van der Waals surface area contributed by atoms with Crippen LogP contribution in [0.1, 0.15) is 34.8 Å². The summed E-state index contributed by atoms with van der Waals surface area (Å²) in [6, 6.07) is 13.4. The van der Waals surface area contributed by atoms with Gasteiger partial charge in [-0.25, -0.2) is 4.39 Å². The van der Waals surface area contributed by atoms with Crippen LogP contribution >= 0.6 is 11.6 Å². The molecule has 2 aromatic rings. The van der Waals surface area contributed by atoms with Crippen molar-refractivity contribution in [2.45, 2.75) is 18.3 Å². The minimum absolute atomic E-state index is 0.0771. The lowest BCUT2D eigenvalue weighted by Crippen LogP contribution is -2.40. The topological polar surface area (TPSA) is 20.3 Å². The zero-order valence-electron chi connectivity index (χ0n) is 11.6. The van der Waals surface area contributed by atoms with E-state index >= 15 is 0 Å². The second kappa shape index (κ2) is 5.15. The fourth-order valence-electron chi connectivity index (χ4n) is 2.85. The van der Waals surface area contributed by atoms with Crippen molar-refractivity contribution in [3.05, 3.63) is 71.0 Å². The van der Waals surface area contributed by atoms with Crippen LogP contribution in [0.2, 0.25) is 0 Å². The number of halogens is 2. The van der Waals surface area contributed by atoms with Gasteiger partial charge in [0, 0.05) is 17.7 Å². The van der Waals surface area contributed by atoms with Gasteiger partial charge in [0.15, 0.2) is 5.00 Å². The molecule has 0 saturated carbocycles. The first-order valence-electron chi connectivity index (χ1n) is 6.95. The molecular formula is C17H15ClFNO. The van der Waals surface area contributed by atoms with Gasteiger partial charge in [0.2, 0.25) is 0 Å². The highest BCUT2D eigenvalue weighted by atomic mass is 35.5. The number of hydrogen-bond acceptors (Lipinski definition) is 1. The summed E-state index contributed by atoms with van der Waals surface area (Å²) in [7, 11) is 0. The number of rotatable bonds is 3. The first-order chi connectivity index (χ1) is 10.1. The van der Waals surface area contributed by atoms with Gasteiger partial charge in [-0.3, -0.25) is 4.79 Å². The molecular weight excluding hydrogens is 289 g/mol. The van der Waals surface area contributed by atoms with Gasteiger partial charge in [0.1, 0.15) is 5.82 Å². The Kier molecular flexibility index (Phi) is 3.46. The summed E-state index contributed by atoms with van der Waals surface area (Å²) in [5.74, 6) is -0.398. The molecule has 0 radical (unpaired) electrons. The molecule has 0 fully saturated rings. The van der Waals surface area contributed by atoms with E-state index in [0.29, 0.717) is 17.7 Å². The lowest BCUT2D eigenvalue weighted by molar-refractivity contribution is 0.0718. The zero-order chi connectivity index (χ0) is 15.0. The highest BCUT2D eigenvalue weighted by molar-refractivity contribution is 6.29. The maximum atomic E-state index is 13.2. The number of fused-ring (bicyclic) bond motifs is 1. The van der Waals surface area contributed by atoms with Gasteiger partial charge in [-0.05, 0) is 30.2 Å². The van der Waals surface area contributed by atoms with Gasteiger partial charge >= 0.3 is 0 Å². The molecule has 1 atom stereocenters. The van der Waals surface area contributed by atoms with Crippen molar-refractivity contribution in [3.63, 3.8) is 0 Å². The van der Waals surface area contributed by atoms with Crippen LogP contribution in [0, 0.1) is 5.82 Å². The molecule has 0 N–H and O–H groups in total. The van der Waals surface area contributed by atoms with Crippen molar-refractivity contribution in [1.29, 1.82) is 0 Å². The summed E-state index contributed by atoms with van der Waals surface area (Å²) in [5, 5.41) is 0. The molecule has 0 saturated heterocycles. The molecule has 2 nitrogen and oxygen atoms in total. The van der Waals surface area contributed by atoms with Crippen LogP contribution in [-0.4, -0.2) is 17.4 Å². The van der Waals surface area contributed by atoms with E-state index in [9.17, 15) is 9.18 Å². The highest BCUT2D eigenvalue weighted by Gasteiger charge is 2.49. The van der Waals surface area contributed by atoms with E-state index in [-0.39, 0.29) is 11.7 Å². The fraction of sp³-hybridized carbons (Fsp3) is 0.235. The predicted molar refractivity (Wildman–Crippen MR) is 80.8 cm³/mol. The van der Waals surface area contributed by atoms with Crippen molar-refractivity contribution in [3.8, 4) is 0 Å². The number of alkyl halides is 1. The molecule has 0 aliphatic carbocycles. The van der Waals surface area contributed by atoms with Crippen LogP contribution in [0.5, 0.6) is 0 Å². The molecule has 1 amide bonds. The van der Waals surface area contributed by atoms with Gasteiger partial charge in [0.25, 0.3) is 5.91 Å². The molecule has 0 unspecified atom stereocenters. The highest BCUT2D eigenvalue weighted by Crippen LogP contribution is 2.47. The van der Waals surface area contributed by atoms with E-state index in [1.807, 2.05) is 25.1 Å². The number of carbonyl (C=O) groups excluding carboxylic acids is 1. The Labute approximate surface area is 128 Å². The Morgan fingerprint density at radius 3 is 2.48 bits per heavy atom. The summed E-state index contributed by atoms with van der Waals surface area (Å²) < 4.78 is 13.2. The second-order valence-electron chi connectivity index (χ2n) is 5.13. The quantitative estimate of drug-likeness (QED) is 0.616. The SMILES string of the molecule is CCCN1C(=O)c2ccccc2[C@]1(Cl)c1ccc(F)cc1. The molecule has 108 valence electrons. The van der Waals surface area contributed by atoms with E-state index in [1.54, 1.807) is 23.1 Å². The lowest BCUT2D eigenvalue weighted by Gasteiger charge is -2.34. The summed E-state index contributed by atoms with van der Waals surface area (Å²) >= 11 is 6.90. The van der Waals surface area contributed by atoms with Crippen LogP contribution in [0.3, 0.4) is 0 Å². The monoisotopic (exact) mass is 303 g/mol. The van der Waals surface area contributed by atoms with Crippen LogP contribution in [0.15, 0.2) is 48.5 Å². The van der Waals surface area contributed by atoms with Gasteiger partial charge in [-0.2, -0.15) is 0 Å². The number of amides is 1. The van der Waals surface area contributed by atoms with Gasteiger partial charge in [-0.1, -0.05) is 48.9 Å². The minimum Gasteiger partial charge on any atom is -0.312 e. The Hall–Kier alpha value is -1.87. The van der Waals surface area contributed by atoms with Crippen molar-refractivity contribution < 1.29 is 9.18 Å². The standard InChI is InChI=1S/C17H15ClFNO/c1-2-11-20-16(21)14-5-3-4-6-15(14)17(20,18)12-7-9-13(19)10-8-12/h3-10H,2,11H2,1H3/t17-/m0/s1. The summed E-state index contributed by atoms with van der Waals surface area (Å²) in [6.07, 6.45) is 0.801. The van der Waals surface area contributed by atoms with Crippen LogP contribution in [0.4, 0.5) is 4.39 Å². The molecule has 3 rings (SSSR count). The zero-order valence-corrected chi connectivity index (χ0v) is 12.4. The number of nitrogens with zero attached hydrogens (tertiary/aromatic N) is 1.